The maximum absolute atomic E-state index is 11.8. The Kier molecular flexibility index (Phi) is 6.29. The minimum Gasteiger partial charge on any atom is -0.481 e. The minimum absolute atomic E-state index is 0.0224. The van der Waals surface area contributed by atoms with E-state index < -0.39 is 5.97 Å². The number of hydrogen-bond donors (Lipinski definition) is 3. The number of aliphatic carboxylic acids is 1. The van der Waals surface area contributed by atoms with E-state index in [9.17, 15) is 9.59 Å². The smallest absolute Gasteiger partial charge is 0.315 e. The van der Waals surface area contributed by atoms with Crippen molar-refractivity contribution >= 4 is 12.0 Å². The molecule has 3 atom stereocenters. The second-order valence-electron chi connectivity index (χ2n) is 6.08. The van der Waals surface area contributed by atoms with Gasteiger partial charge in [-0.1, -0.05) is 6.42 Å². The SMILES string of the molecule is O=C(NCCC1CCCCO1)NC1CCCC(C(=O)O)C1. The van der Waals surface area contributed by atoms with E-state index in [1.807, 2.05) is 0 Å². The molecule has 2 amide bonds. The Balaban J connectivity index is 1.61. The molecule has 2 rings (SSSR count). The minimum atomic E-state index is -0.753. The van der Waals surface area contributed by atoms with Crippen LogP contribution in [0.25, 0.3) is 0 Å². The summed E-state index contributed by atoms with van der Waals surface area (Å²) < 4.78 is 5.61. The van der Waals surface area contributed by atoms with E-state index >= 15 is 0 Å². The lowest BCUT2D eigenvalue weighted by molar-refractivity contribution is -0.143. The summed E-state index contributed by atoms with van der Waals surface area (Å²) in [5.74, 6) is -1.07. The van der Waals surface area contributed by atoms with Crippen LogP contribution in [-0.4, -0.2) is 42.4 Å². The van der Waals surface area contributed by atoms with Crippen LogP contribution in [0.15, 0.2) is 0 Å². The van der Waals surface area contributed by atoms with E-state index in [1.54, 1.807) is 0 Å². The van der Waals surface area contributed by atoms with Crippen LogP contribution >= 0.6 is 0 Å². The zero-order chi connectivity index (χ0) is 15.1. The average molecular weight is 298 g/mol. The normalized spacial score (nSPS) is 29.6. The van der Waals surface area contributed by atoms with Gasteiger partial charge >= 0.3 is 12.0 Å². The molecule has 1 aliphatic carbocycles. The Morgan fingerprint density at radius 2 is 2.00 bits per heavy atom. The fourth-order valence-electron chi connectivity index (χ4n) is 3.16. The summed E-state index contributed by atoms with van der Waals surface area (Å²) in [6, 6.07) is -0.215. The maximum Gasteiger partial charge on any atom is 0.315 e. The number of carboxylic acids is 1. The van der Waals surface area contributed by atoms with Gasteiger partial charge in [0.15, 0.2) is 0 Å². The van der Waals surface area contributed by atoms with E-state index in [0.717, 1.165) is 38.7 Å². The second kappa shape index (κ2) is 8.22. The van der Waals surface area contributed by atoms with Crippen LogP contribution in [0.5, 0.6) is 0 Å². The molecule has 0 aromatic heterocycles. The lowest BCUT2D eigenvalue weighted by atomic mass is 9.86. The molecular weight excluding hydrogens is 272 g/mol. The molecule has 1 heterocycles. The Morgan fingerprint density at radius 1 is 1.14 bits per heavy atom. The van der Waals surface area contributed by atoms with E-state index in [2.05, 4.69) is 10.6 Å². The van der Waals surface area contributed by atoms with Gasteiger partial charge in [0.05, 0.1) is 12.0 Å². The lowest BCUT2D eigenvalue weighted by Crippen LogP contribution is -2.45. The van der Waals surface area contributed by atoms with Crippen LogP contribution in [0.3, 0.4) is 0 Å². The first-order valence-electron chi connectivity index (χ1n) is 8.04. The highest BCUT2D eigenvalue weighted by molar-refractivity contribution is 5.74. The number of carbonyl (C=O) groups is 2. The van der Waals surface area contributed by atoms with Gasteiger partial charge in [-0.15, -0.1) is 0 Å². The summed E-state index contributed by atoms with van der Waals surface area (Å²) in [5.41, 5.74) is 0. The second-order valence-corrected chi connectivity index (χ2v) is 6.08. The van der Waals surface area contributed by atoms with E-state index in [0.29, 0.717) is 19.4 Å². The van der Waals surface area contributed by atoms with Crippen molar-refractivity contribution in [1.29, 1.82) is 0 Å². The number of amides is 2. The molecule has 6 nitrogen and oxygen atoms in total. The van der Waals surface area contributed by atoms with Gasteiger partial charge in [-0.25, -0.2) is 4.79 Å². The zero-order valence-electron chi connectivity index (χ0n) is 12.5. The molecule has 1 aliphatic heterocycles. The molecule has 120 valence electrons. The third-order valence-corrected chi connectivity index (χ3v) is 4.38. The maximum atomic E-state index is 11.8. The third kappa shape index (κ3) is 5.53. The molecule has 3 unspecified atom stereocenters. The molecule has 0 spiro atoms. The van der Waals surface area contributed by atoms with Gasteiger partial charge in [0.25, 0.3) is 0 Å². The molecule has 6 heteroatoms. The molecule has 1 saturated heterocycles. The van der Waals surface area contributed by atoms with Crippen molar-refractivity contribution < 1.29 is 19.4 Å². The Hall–Kier alpha value is -1.30. The molecule has 2 aliphatic rings. The van der Waals surface area contributed by atoms with Crippen molar-refractivity contribution in [2.24, 2.45) is 5.92 Å². The molecular formula is C15H26N2O4. The van der Waals surface area contributed by atoms with Crippen LogP contribution in [0.1, 0.15) is 51.4 Å². The Morgan fingerprint density at radius 3 is 2.71 bits per heavy atom. The standard InChI is InChI=1S/C15H26N2O4/c18-14(19)11-4-3-5-12(10-11)17-15(20)16-8-7-13-6-1-2-9-21-13/h11-13H,1-10H2,(H,18,19)(H2,16,17,20). The van der Waals surface area contributed by atoms with Gasteiger partial charge in [-0.2, -0.15) is 0 Å². The fourth-order valence-corrected chi connectivity index (χ4v) is 3.16. The number of carboxylic acid groups (broad SMARTS) is 1. The van der Waals surface area contributed by atoms with Crippen molar-refractivity contribution in [1.82, 2.24) is 10.6 Å². The molecule has 21 heavy (non-hydrogen) atoms. The molecule has 0 radical (unpaired) electrons. The predicted octanol–water partition coefficient (Wildman–Crippen LogP) is 1.89. The highest BCUT2D eigenvalue weighted by Gasteiger charge is 2.27. The van der Waals surface area contributed by atoms with Crippen molar-refractivity contribution in [2.45, 2.75) is 63.5 Å². The van der Waals surface area contributed by atoms with Gasteiger partial charge in [0.2, 0.25) is 0 Å². The predicted molar refractivity (Wildman–Crippen MR) is 78.1 cm³/mol. The number of rotatable bonds is 5. The molecule has 1 saturated carbocycles. The number of carbonyl (C=O) groups excluding carboxylic acids is 1. The monoisotopic (exact) mass is 298 g/mol. The molecule has 0 aromatic carbocycles. The van der Waals surface area contributed by atoms with Gasteiger partial charge in [-0.05, 0) is 44.9 Å². The van der Waals surface area contributed by atoms with Gasteiger partial charge in [-0.3, -0.25) is 4.79 Å². The molecule has 3 N–H and O–H groups in total. The lowest BCUT2D eigenvalue weighted by Gasteiger charge is -2.27. The highest BCUT2D eigenvalue weighted by atomic mass is 16.5. The first-order chi connectivity index (χ1) is 10.1. The van der Waals surface area contributed by atoms with Crippen molar-refractivity contribution in [2.75, 3.05) is 13.2 Å². The largest absolute Gasteiger partial charge is 0.481 e. The Labute approximate surface area is 125 Å². The van der Waals surface area contributed by atoms with Crippen LogP contribution in [0, 0.1) is 5.92 Å². The summed E-state index contributed by atoms with van der Waals surface area (Å²) in [6.07, 6.45) is 7.50. The fraction of sp³-hybridized carbons (Fsp3) is 0.867. The Bertz CT molecular complexity index is 356. The van der Waals surface area contributed by atoms with E-state index in [1.165, 1.54) is 6.42 Å². The highest BCUT2D eigenvalue weighted by Crippen LogP contribution is 2.24. The van der Waals surface area contributed by atoms with Crippen LogP contribution in [0.2, 0.25) is 0 Å². The topological polar surface area (TPSA) is 87.7 Å². The van der Waals surface area contributed by atoms with Crippen LogP contribution in [0.4, 0.5) is 4.79 Å². The van der Waals surface area contributed by atoms with Crippen LogP contribution in [-0.2, 0) is 9.53 Å². The number of nitrogens with one attached hydrogen (secondary N) is 2. The number of urea groups is 1. The van der Waals surface area contributed by atoms with Crippen LogP contribution < -0.4 is 10.6 Å². The third-order valence-electron chi connectivity index (χ3n) is 4.38. The van der Waals surface area contributed by atoms with Gasteiger partial charge in [0, 0.05) is 19.2 Å². The summed E-state index contributed by atoms with van der Waals surface area (Å²) >= 11 is 0. The van der Waals surface area contributed by atoms with E-state index in [4.69, 9.17) is 9.84 Å². The van der Waals surface area contributed by atoms with Crippen molar-refractivity contribution in [3.05, 3.63) is 0 Å². The molecule has 0 bridgehead atoms. The van der Waals surface area contributed by atoms with E-state index in [-0.39, 0.29) is 24.1 Å². The summed E-state index contributed by atoms with van der Waals surface area (Å²) in [5, 5.41) is 14.8. The average Bonchev–Trinajstić information content (AvgIpc) is 2.48. The van der Waals surface area contributed by atoms with Gasteiger partial charge in [0.1, 0.15) is 0 Å². The zero-order valence-corrected chi connectivity index (χ0v) is 12.5. The number of ether oxygens (including phenoxy) is 1. The summed E-state index contributed by atoms with van der Waals surface area (Å²) in [7, 11) is 0. The first kappa shape index (κ1) is 16.1. The number of hydrogen-bond acceptors (Lipinski definition) is 3. The first-order valence-corrected chi connectivity index (χ1v) is 8.04. The molecule has 0 aromatic rings. The summed E-state index contributed by atoms with van der Waals surface area (Å²) in [6.45, 7) is 1.43. The summed E-state index contributed by atoms with van der Waals surface area (Å²) in [4.78, 5) is 22.8. The van der Waals surface area contributed by atoms with Gasteiger partial charge < -0.3 is 20.5 Å². The quantitative estimate of drug-likeness (QED) is 0.723. The molecule has 2 fully saturated rings. The van der Waals surface area contributed by atoms with Crippen molar-refractivity contribution in [3.63, 3.8) is 0 Å². The van der Waals surface area contributed by atoms with Crippen molar-refractivity contribution in [3.8, 4) is 0 Å².